The lowest BCUT2D eigenvalue weighted by Crippen LogP contribution is -2.69. The first-order valence-electron chi connectivity index (χ1n) is 27.8. The lowest BCUT2D eigenvalue weighted by molar-refractivity contribution is -0.193. The van der Waals surface area contributed by atoms with Crippen molar-refractivity contribution in [3.8, 4) is 0 Å². The van der Waals surface area contributed by atoms with Gasteiger partial charge in [-0.15, -0.1) is 0 Å². The van der Waals surface area contributed by atoms with E-state index >= 15 is 4.79 Å². The zero-order chi connectivity index (χ0) is 52.1. The van der Waals surface area contributed by atoms with Crippen molar-refractivity contribution in [1.29, 1.82) is 0 Å². The number of benzene rings is 1. The number of carbonyl (C=O) groups is 1. The second kappa shape index (κ2) is 22.0. The van der Waals surface area contributed by atoms with Crippen LogP contribution in [0.4, 0.5) is 0 Å². The molecule has 1 aliphatic heterocycles. The summed E-state index contributed by atoms with van der Waals surface area (Å²) < 4.78 is 2.26. The highest BCUT2D eigenvalue weighted by Gasteiger charge is 2.75. The van der Waals surface area contributed by atoms with E-state index in [1.54, 1.807) is 20.0 Å². The number of aryl methyl sites for hydroxylation is 1. The number of ketones is 1. The Bertz CT molecular complexity index is 2320. The average Bonchev–Trinajstić information content (AvgIpc) is 4.11. The molecule has 1 spiro atoms. The molecule has 2 bridgehead atoms. The summed E-state index contributed by atoms with van der Waals surface area (Å²) in [5, 5.41) is 80.3. The highest BCUT2D eigenvalue weighted by molar-refractivity contribution is 8.76. The summed E-state index contributed by atoms with van der Waals surface area (Å²) >= 11 is 0. The number of aliphatic imine (C=N–C) groups is 1. The van der Waals surface area contributed by atoms with Crippen LogP contribution in [0.5, 0.6) is 0 Å². The number of hydrogen-bond acceptors (Lipinski definition) is 12. The van der Waals surface area contributed by atoms with E-state index in [9.17, 15) is 30.6 Å². The van der Waals surface area contributed by atoms with Crippen molar-refractivity contribution < 1.29 is 35.4 Å². The van der Waals surface area contributed by atoms with Gasteiger partial charge in [0.25, 0.3) is 0 Å². The van der Waals surface area contributed by atoms with Crippen LogP contribution in [-0.2, 0) is 11.2 Å². The molecule has 15 heteroatoms. The first-order valence-corrected chi connectivity index (χ1v) is 30.2. The maximum absolute atomic E-state index is 15.3. The average molecular weight is 1050 g/mol. The Morgan fingerprint density at radius 3 is 2.44 bits per heavy atom. The van der Waals surface area contributed by atoms with Gasteiger partial charge < -0.3 is 51.6 Å². The second-order valence-electron chi connectivity index (χ2n) is 25.1. The van der Waals surface area contributed by atoms with Gasteiger partial charge in [-0.05, 0) is 155 Å². The second-order valence-corrected chi connectivity index (χ2v) is 27.8. The number of nitrogens with two attached hydrogens (primary N) is 1. The van der Waals surface area contributed by atoms with E-state index < -0.39 is 64.6 Å². The predicted molar refractivity (Wildman–Crippen MR) is 292 cm³/mol. The highest BCUT2D eigenvalue weighted by Crippen LogP contribution is 2.73. The molecule has 0 radical (unpaired) electrons. The molecule has 6 fully saturated rings. The molecule has 7 aliphatic rings. The van der Waals surface area contributed by atoms with Crippen LogP contribution in [0.2, 0.25) is 0 Å². The molecular formula is C58H88N6O7S2. The zero-order valence-electron chi connectivity index (χ0n) is 44.5. The monoisotopic (exact) mass is 1040 g/mol. The summed E-state index contributed by atoms with van der Waals surface area (Å²) in [4.78, 5) is 24.7. The van der Waals surface area contributed by atoms with Crippen LogP contribution in [0.1, 0.15) is 136 Å². The molecule has 13 nitrogen and oxygen atoms in total. The number of carbonyl (C=O) groups excluding carboxylic acids is 1. The highest BCUT2D eigenvalue weighted by atomic mass is 33.1. The third-order valence-corrected chi connectivity index (χ3v) is 23.4. The van der Waals surface area contributed by atoms with Gasteiger partial charge in [0.15, 0.2) is 11.7 Å². The number of fused-ring (bicyclic) bond motifs is 9. The molecule has 16 unspecified atom stereocenters. The number of aliphatic hydroxyl groups excluding tert-OH is 5. The first kappa shape index (κ1) is 55.0. The van der Waals surface area contributed by atoms with Gasteiger partial charge in [0.05, 0.1) is 36.8 Å². The number of imidazole rings is 1. The van der Waals surface area contributed by atoms with Crippen molar-refractivity contribution >= 4 is 33.3 Å². The van der Waals surface area contributed by atoms with Crippen LogP contribution in [0.15, 0.2) is 76.8 Å². The van der Waals surface area contributed by atoms with Crippen LogP contribution in [0.3, 0.4) is 0 Å². The molecule has 404 valence electrons. The predicted octanol–water partition coefficient (Wildman–Crippen LogP) is 7.37. The third-order valence-electron chi connectivity index (χ3n) is 20.4. The summed E-state index contributed by atoms with van der Waals surface area (Å²) in [6, 6.07) is 10.6. The Morgan fingerprint density at radius 2 is 1.75 bits per heavy atom. The number of aliphatic hydroxyl groups is 6. The maximum Gasteiger partial charge on any atom is 0.190 e. The van der Waals surface area contributed by atoms with E-state index in [1.165, 1.54) is 48.8 Å². The van der Waals surface area contributed by atoms with E-state index in [1.807, 2.05) is 40.2 Å². The van der Waals surface area contributed by atoms with Gasteiger partial charge in [0, 0.05) is 65.7 Å². The number of allylic oxidation sites excluding steroid dienone is 2. The molecule has 6 aliphatic carbocycles. The zero-order valence-corrected chi connectivity index (χ0v) is 46.1. The number of guanidine groups is 1. The smallest absolute Gasteiger partial charge is 0.190 e. The Hall–Kier alpha value is -2.73. The minimum atomic E-state index is -1.71. The Kier molecular flexibility index (Phi) is 16.6. The quantitative estimate of drug-likeness (QED) is 0.0374. The number of nitrogens with zero attached hydrogens (tertiary/aromatic N) is 3. The minimum absolute atomic E-state index is 0.0593. The molecule has 9 rings (SSSR count). The Morgan fingerprint density at radius 1 is 1.01 bits per heavy atom. The normalized spacial score (nSPS) is 41.3. The van der Waals surface area contributed by atoms with Crippen molar-refractivity contribution in [2.24, 2.45) is 73.8 Å². The van der Waals surface area contributed by atoms with Crippen molar-refractivity contribution in [3.63, 3.8) is 0 Å². The lowest BCUT2D eigenvalue weighted by Gasteiger charge is -2.65. The first-order chi connectivity index (χ1) is 34.8. The van der Waals surface area contributed by atoms with Crippen LogP contribution >= 0.6 is 21.6 Å². The number of rotatable bonds is 10. The SMILES string of the molecule is CNCC1C(O)C(O)CC2(C)C3C(=CC(=O)C12)C1(O)C2CC(C(C)C(O)CC(=C4CCCC5(CCCC5)C4)C(C)(C)CC(n4ccnc4)CSSC2CCc2ccccc2)C1(CO)CC3CN=C(N)NC(C)O. The van der Waals surface area contributed by atoms with E-state index in [0.29, 0.717) is 36.8 Å². The van der Waals surface area contributed by atoms with E-state index in [4.69, 9.17) is 10.7 Å². The van der Waals surface area contributed by atoms with E-state index in [-0.39, 0.29) is 65.8 Å². The van der Waals surface area contributed by atoms with Crippen molar-refractivity contribution in [2.45, 2.75) is 172 Å². The van der Waals surface area contributed by atoms with Gasteiger partial charge in [-0.2, -0.15) is 0 Å². The molecular weight excluding hydrogens is 957 g/mol. The molecule has 1 aromatic heterocycles. The molecule has 1 saturated heterocycles. The fourth-order valence-electron chi connectivity index (χ4n) is 17.2. The summed E-state index contributed by atoms with van der Waals surface area (Å²) in [6.07, 6.45) is 17.1. The van der Waals surface area contributed by atoms with Crippen molar-refractivity contribution in [2.75, 3.05) is 32.5 Å². The van der Waals surface area contributed by atoms with Gasteiger partial charge in [-0.1, -0.05) is 104 Å². The standard InChI is InChI=1S/C58H88N6O7S2/c1-35-42-23-44(58(71)45-25-47(68)51-41(31-60-6)52(70)48(69)29-55(51,5)50(45)39(27-57(42,58)33-65)30-62-53(59)63-36(2)66)49(17-16-37-13-8-7-9-14-37)73-72-32-40(64-22-21-61-34-64)28-54(3,4)43(24-46(35)67)38-15-12-20-56(26-38)18-10-11-19-56/h7-9,13-14,21-22,25,34-36,39-42,44,46,48-52,60,65-67,69-71H,10-12,15-20,23-24,26-33H2,1-6H3,(H3,59,62,63). The van der Waals surface area contributed by atoms with Gasteiger partial charge in [0.1, 0.15) is 6.23 Å². The Balaban J connectivity index is 1.23. The molecule has 10 N–H and O–H groups in total. The van der Waals surface area contributed by atoms with Crippen LogP contribution in [-0.4, -0.2) is 120 Å². The molecule has 73 heavy (non-hydrogen) atoms. The van der Waals surface area contributed by atoms with Gasteiger partial charge in [-0.3, -0.25) is 9.79 Å². The van der Waals surface area contributed by atoms with Crippen molar-refractivity contribution in [3.05, 3.63) is 77.4 Å². The van der Waals surface area contributed by atoms with E-state index in [2.05, 4.69) is 78.3 Å². The number of hydrogen-bond donors (Lipinski definition) is 9. The van der Waals surface area contributed by atoms with Gasteiger partial charge in [0.2, 0.25) is 0 Å². The number of aromatic nitrogens is 2. The summed E-state index contributed by atoms with van der Waals surface area (Å²) in [7, 11) is 5.47. The fraction of sp³-hybridized carbons (Fsp3) is 0.741. The van der Waals surface area contributed by atoms with Crippen LogP contribution < -0.4 is 16.4 Å². The van der Waals surface area contributed by atoms with E-state index in [0.717, 1.165) is 44.3 Å². The maximum atomic E-state index is 15.3. The largest absolute Gasteiger partial charge is 0.396 e. The molecule has 2 aromatic rings. The van der Waals surface area contributed by atoms with Crippen LogP contribution in [0.25, 0.3) is 0 Å². The molecule has 0 amide bonds. The summed E-state index contributed by atoms with van der Waals surface area (Å²) in [5.74, 6) is -2.67. The van der Waals surface area contributed by atoms with Gasteiger partial charge >= 0.3 is 0 Å². The third kappa shape index (κ3) is 10.2. The van der Waals surface area contributed by atoms with Crippen LogP contribution in [0, 0.1) is 63.1 Å². The number of nitrogens with one attached hydrogen (secondary N) is 2. The topological polar surface area (TPSA) is 219 Å². The molecule has 16 atom stereocenters. The summed E-state index contributed by atoms with van der Waals surface area (Å²) in [5.41, 5.74) is 7.34. The Labute approximate surface area is 442 Å². The summed E-state index contributed by atoms with van der Waals surface area (Å²) in [6.45, 7) is 10.7. The molecule has 2 heterocycles. The molecule has 5 saturated carbocycles. The lowest BCUT2D eigenvalue weighted by atomic mass is 9.41. The fourth-order valence-corrected chi connectivity index (χ4v) is 20.5. The van der Waals surface area contributed by atoms with Crippen molar-refractivity contribution in [1.82, 2.24) is 20.2 Å². The van der Waals surface area contributed by atoms with Gasteiger partial charge in [-0.25, -0.2) is 4.98 Å². The minimum Gasteiger partial charge on any atom is -0.396 e. The molecule has 1 aromatic carbocycles.